The lowest BCUT2D eigenvalue weighted by molar-refractivity contribution is 0.282. The van der Waals surface area contributed by atoms with Gasteiger partial charge in [0.05, 0.1) is 0 Å². The largest absolute Gasteiger partial charge is 0.396 e. The monoisotopic (exact) mass is 230 g/mol. The van der Waals surface area contributed by atoms with Gasteiger partial charge in [-0.2, -0.15) is 0 Å². The van der Waals surface area contributed by atoms with Crippen LogP contribution in [0, 0.1) is 0 Å². The van der Waals surface area contributed by atoms with E-state index in [2.05, 4.69) is 0 Å². The molecule has 0 amide bonds. The van der Waals surface area contributed by atoms with Gasteiger partial charge in [0.25, 0.3) is 0 Å². The van der Waals surface area contributed by atoms with Gasteiger partial charge in [-0.15, -0.1) is 0 Å². The molecule has 1 nitrogen and oxygen atoms in total. The zero-order valence-electron chi connectivity index (χ0n) is 10.1. The highest BCUT2D eigenvalue weighted by atomic mass is 32.1. The second-order valence-electron chi connectivity index (χ2n) is 4.36. The van der Waals surface area contributed by atoms with Crippen molar-refractivity contribution in [2.75, 3.05) is 6.61 Å². The molecule has 0 aromatic rings. The fourth-order valence-electron chi connectivity index (χ4n) is 1.72. The summed E-state index contributed by atoms with van der Waals surface area (Å²) in [4.78, 5) is 1.15. The van der Waals surface area contributed by atoms with E-state index in [1.165, 1.54) is 51.4 Å². The van der Waals surface area contributed by atoms with E-state index in [9.17, 15) is 0 Å². The van der Waals surface area contributed by atoms with E-state index in [0.717, 1.165) is 17.7 Å². The highest BCUT2D eigenvalue weighted by molar-refractivity contribution is 7.80. The van der Waals surface area contributed by atoms with E-state index < -0.39 is 0 Å². The fraction of sp³-hybridized carbons (Fsp3) is 0.923. The highest BCUT2D eigenvalue weighted by Gasteiger charge is 1.93. The summed E-state index contributed by atoms with van der Waals surface area (Å²) in [6.07, 6.45) is 12.6. The minimum absolute atomic E-state index is 0.358. The maximum Gasteiger partial charge on any atom is 0.0431 e. The molecule has 0 saturated heterocycles. The molecule has 0 aliphatic rings. The zero-order valence-corrected chi connectivity index (χ0v) is 11.0. The third kappa shape index (κ3) is 14.1. The van der Waals surface area contributed by atoms with Crippen LogP contribution in [0.2, 0.25) is 0 Å². The fourth-order valence-corrected chi connectivity index (χ4v) is 1.87. The van der Waals surface area contributed by atoms with E-state index in [4.69, 9.17) is 17.3 Å². The van der Waals surface area contributed by atoms with Crippen LogP contribution >= 0.6 is 12.2 Å². The Hall–Kier alpha value is 0.0500. The van der Waals surface area contributed by atoms with Crippen LogP contribution in [-0.4, -0.2) is 16.6 Å². The third-order valence-corrected chi connectivity index (χ3v) is 2.89. The van der Waals surface area contributed by atoms with Crippen molar-refractivity contribution in [3.63, 3.8) is 0 Å². The van der Waals surface area contributed by atoms with Crippen molar-refractivity contribution in [2.45, 2.75) is 71.1 Å². The van der Waals surface area contributed by atoms with Crippen LogP contribution in [-0.2, 0) is 0 Å². The number of unbranched alkanes of at least 4 members (excludes halogenated alkanes) is 8. The van der Waals surface area contributed by atoms with Crippen molar-refractivity contribution < 1.29 is 5.11 Å². The van der Waals surface area contributed by atoms with E-state index in [-0.39, 0.29) is 0 Å². The van der Waals surface area contributed by atoms with Gasteiger partial charge in [-0.25, -0.2) is 0 Å². The maximum absolute atomic E-state index is 8.60. The van der Waals surface area contributed by atoms with Crippen LogP contribution < -0.4 is 0 Å². The van der Waals surface area contributed by atoms with Gasteiger partial charge in [-0.3, -0.25) is 0 Å². The first-order valence-electron chi connectivity index (χ1n) is 6.37. The summed E-state index contributed by atoms with van der Waals surface area (Å²) < 4.78 is 0. The van der Waals surface area contributed by atoms with Gasteiger partial charge >= 0.3 is 0 Å². The third-order valence-electron chi connectivity index (χ3n) is 2.69. The van der Waals surface area contributed by atoms with Gasteiger partial charge in [0.15, 0.2) is 0 Å². The minimum Gasteiger partial charge on any atom is -0.396 e. The zero-order chi connectivity index (χ0) is 11.4. The molecule has 0 aliphatic heterocycles. The van der Waals surface area contributed by atoms with Gasteiger partial charge in [0.2, 0.25) is 0 Å². The lowest BCUT2D eigenvalue weighted by Gasteiger charge is -2.01. The van der Waals surface area contributed by atoms with Crippen molar-refractivity contribution in [1.29, 1.82) is 0 Å². The van der Waals surface area contributed by atoms with Gasteiger partial charge in [-0.1, -0.05) is 57.2 Å². The summed E-state index contributed by atoms with van der Waals surface area (Å²) in [5.41, 5.74) is 0. The molecule has 0 bridgehead atoms. The molecule has 0 unspecified atom stereocenters. The Kier molecular flexibility index (Phi) is 12.2. The predicted molar refractivity (Wildman–Crippen MR) is 71.5 cm³/mol. The predicted octanol–water partition coefficient (Wildman–Crippen LogP) is 4.27. The van der Waals surface area contributed by atoms with Crippen molar-refractivity contribution in [3.8, 4) is 0 Å². The maximum atomic E-state index is 8.60. The minimum atomic E-state index is 0.358. The van der Waals surface area contributed by atoms with Crippen molar-refractivity contribution in [2.24, 2.45) is 0 Å². The molecule has 0 aromatic heterocycles. The lowest BCUT2D eigenvalue weighted by atomic mass is 10.1. The van der Waals surface area contributed by atoms with E-state index >= 15 is 0 Å². The average Bonchev–Trinajstić information content (AvgIpc) is 2.20. The normalized spacial score (nSPS) is 10.5. The van der Waals surface area contributed by atoms with E-state index in [1.807, 2.05) is 6.92 Å². The molecule has 0 saturated carbocycles. The topological polar surface area (TPSA) is 20.2 Å². The molecule has 0 atom stereocenters. The van der Waals surface area contributed by atoms with Crippen LogP contribution in [0.1, 0.15) is 71.1 Å². The number of rotatable bonds is 11. The second-order valence-corrected chi connectivity index (χ2v) is 5.05. The van der Waals surface area contributed by atoms with Crippen LogP contribution in [0.5, 0.6) is 0 Å². The standard InChI is InChI=1S/C13H26OS/c1-13(15)11-9-7-5-3-2-4-6-8-10-12-14/h14H,2-12H2,1H3. The quantitative estimate of drug-likeness (QED) is 0.422. The molecule has 2 heteroatoms. The Morgan fingerprint density at radius 3 is 1.60 bits per heavy atom. The first-order valence-corrected chi connectivity index (χ1v) is 6.78. The van der Waals surface area contributed by atoms with Gasteiger partial charge in [-0.05, 0) is 31.1 Å². The molecule has 0 spiro atoms. The van der Waals surface area contributed by atoms with Crippen molar-refractivity contribution in [1.82, 2.24) is 0 Å². The van der Waals surface area contributed by atoms with Gasteiger partial charge in [0, 0.05) is 6.61 Å². The van der Waals surface area contributed by atoms with Gasteiger partial charge in [0.1, 0.15) is 0 Å². The molecular formula is C13H26OS. The molecule has 0 aromatic carbocycles. The van der Waals surface area contributed by atoms with Crippen LogP contribution in [0.15, 0.2) is 0 Å². The molecule has 0 fully saturated rings. The first-order chi connectivity index (χ1) is 7.27. The van der Waals surface area contributed by atoms with E-state index in [0.29, 0.717) is 6.61 Å². The van der Waals surface area contributed by atoms with Crippen LogP contribution in [0.25, 0.3) is 0 Å². The Balaban J connectivity index is 2.89. The molecule has 0 aliphatic carbocycles. The SMILES string of the molecule is CC(=S)CCCCCCCCCCCO. The lowest BCUT2D eigenvalue weighted by Crippen LogP contribution is -1.87. The summed E-state index contributed by atoms with van der Waals surface area (Å²) in [5, 5.41) is 8.60. The summed E-state index contributed by atoms with van der Waals surface area (Å²) in [7, 11) is 0. The molecule has 1 N–H and O–H groups in total. The van der Waals surface area contributed by atoms with E-state index in [1.54, 1.807) is 0 Å². The highest BCUT2D eigenvalue weighted by Crippen LogP contribution is 2.10. The summed E-state index contributed by atoms with van der Waals surface area (Å²) >= 11 is 5.04. The first kappa shape index (κ1) is 15.0. The molecule has 0 heterocycles. The average molecular weight is 230 g/mol. The Labute approximate surface area is 100 Å². The molecular weight excluding hydrogens is 204 g/mol. The summed E-state index contributed by atoms with van der Waals surface area (Å²) in [6.45, 7) is 2.40. The van der Waals surface area contributed by atoms with Gasteiger partial charge < -0.3 is 5.11 Å². The van der Waals surface area contributed by atoms with Crippen molar-refractivity contribution in [3.05, 3.63) is 0 Å². The number of hydrogen-bond acceptors (Lipinski definition) is 2. The van der Waals surface area contributed by atoms with Crippen molar-refractivity contribution >= 4 is 17.1 Å². The summed E-state index contributed by atoms with van der Waals surface area (Å²) in [6, 6.07) is 0. The van der Waals surface area contributed by atoms with Crippen LogP contribution in [0.4, 0.5) is 0 Å². The summed E-state index contributed by atoms with van der Waals surface area (Å²) in [5.74, 6) is 0. The molecule has 0 rings (SSSR count). The molecule has 15 heavy (non-hydrogen) atoms. The molecule has 0 radical (unpaired) electrons. The number of aliphatic hydroxyl groups is 1. The Morgan fingerprint density at radius 2 is 1.20 bits per heavy atom. The second kappa shape index (κ2) is 12.1. The number of thiocarbonyl (C=S) groups is 1. The van der Waals surface area contributed by atoms with Crippen LogP contribution in [0.3, 0.4) is 0 Å². The smallest absolute Gasteiger partial charge is 0.0431 e. The molecule has 90 valence electrons. The number of hydrogen-bond donors (Lipinski definition) is 1. The Morgan fingerprint density at radius 1 is 0.800 bits per heavy atom. The number of aliphatic hydroxyl groups excluding tert-OH is 1. The Bertz CT molecular complexity index is 145.